The molecule has 1 aliphatic carbocycles. The van der Waals surface area contributed by atoms with E-state index >= 15 is 0 Å². The molecule has 0 bridgehead atoms. The van der Waals surface area contributed by atoms with Crippen LogP contribution in [0.2, 0.25) is 0 Å². The smallest absolute Gasteiger partial charge is 0.0518 e. The summed E-state index contributed by atoms with van der Waals surface area (Å²) in [5, 5.41) is 4.33. The quantitative estimate of drug-likeness (QED) is 0.821. The van der Waals surface area contributed by atoms with E-state index in [9.17, 15) is 0 Å². The maximum Gasteiger partial charge on any atom is 0.0518 e. The number of aryl methyl sites for hydroxylation is 1. The van der Waals surface area contributed by atoms with Crippen molar-refractivity contribution < 1.29 is 4.74 Å². The molecule has 1 aliphatic rings. The van der Waals surface area contributed by atoms with Gasteiger partial charge in [-0.1, -0.05) is 33.1 Å². The summed E-state index contributed by atoms with van der Waals surface area (Å²) in [5.41, 5.74) is 1.27. The van der Waals surface area contributed by atoms with Crippen LogP contribution in [0.3, 0.4) is 0 Å². The lowest BCUT2D eigenvalue weighted by Crippen LogP contribution is -2.14. The van der Waals surface area contributed by atoms with Crippen molar-refractivity contribution >= 4 is 0 Å². The Morgan fingerprint density at radius 2 is 2.00 bits per heavy atom. The van der Waals surface area contributed by atoms with Crippen molar-refractivity contribution in [3.05, 3.63) is 18.0 Å². The molecule has 0 unspecified atom stereocenters. The molecular formula is C16H30N2O. The molecular weight excluding hydrogens is 236 g/mol. The molecule has 0 aromatic carbocycles. The van der Waals surface area contributed by atoms with E-state index in [4.69, 9.17) is 4.74 Å². The van der Waals surface area contributed by atoms with Gasteiger partial charge in [0.25, 0.3) is 0 Å². The normalized spacial score (nSPS) is 16.3. The lowest BCUT2D eigenvalue weighted by atomic mass is 9.89. The van der Waals surface area contributed by atoms with E-state index in [0.29, 0.717) is 5.92 Å². The lowest BCUT2D eigenvalue weighted by Gasteiger charge is -2.21. The second kappa shape index (κ2) is 9.13. The largest absolute Gasteiger partial charge is 0.384 e. The van der Waals surface area contributed by atoms with E-state index in [1.165, 1.54) is 37.7 Å². The van der Waals surface area contributed by atoms with Crippen LogP contribution in [0.5, 0.6) is 0 Å². The molecule has 0 saturated heterocycles. The Balaban J connectivity index is 0.000000258. The minimum Gasteiger partial charge on any atom is -0.384 e. The van der Waals surface area contributed by atoms with Gasteiger partial charge in [-0.15, -0.1) is 0 Å². The van der Waals surface area contributed by atoms with E-state index < -0.39 is 0 Å². The third-order valence-electron chi connectivity index (χ3n) is 3.43. The van der Waals surface area contributed by atoms with Gasteiger partial charge in [-0.2, -0.15) is 5.10 Å². The van der Waals surface area contributed by atoms with E-state index in [-0.39, 0.29) is 0 Å². The zero-order valence-corrected chi connectivity index (χ0v) is 13.1. The van der Waals surface area contributed by atoms with Gasteiger partial charge < -0.3 is 4.74 Å². The number of aromatic nitrogens is 2. The van der Waals surface area contributed by atoms with Crippen molar-refractivity contribution in [3.8, 4) is 0 Å². The fraction of sp³-hybridized carbons (Fsp3) is 0.812. The van der Waals surface area contributed by atoms with Crippen molar-refractivity contribution in [2.75, 3.05) is 13.7 Å². The van der Waals surface area contributed by atoms with Crippen molar-refractivity contribution in [3.63, 3.8) is 0 Å². The number of rotatable bonds is 4. The first-order valence-electron chi connectivity index (χ1n) is 7.59. The molecule has 3 nitrogen and oxygen atoms in total. The van der Waals surface area contributed by atoms with Crippen LogP contribution in [0.1, 0.15) is 51.5 Å². The summed E-state index contributed by atoms with van der Waals surface area (Å²) < 4.78 is 6.91. The molecule has 3 heteroatoms. The molecule has 1 fully saturated rings. The second-order valence-electron chi connectivity index (χ2n) is 6.09. The molecule has 1 aromatic heterocycles. The zero-order valence-electron chi connectivity index (χ0n) is 13.1. The third kappa shape index (κ3) is 7.36. The third-order valence-corrected chi connectivity index (χ3v) is 3.43. The van der Waals surface area contributed by atoms with Crippen molar-refractivity contribution in [2.45, 2.75) is 59.4 Å². The molecule has 1 heterocycles. The van der Waals surface area contributed by atoms with Crippen LogP contribution in [-0.2, 0) is 11.3 Å². The first-order chi connectivity index (χ1) is 9.11. The molecule has 1 saturated carbocycles. The van der Waals surface area contributed by atoms with Gasteiger partial charge in [-0.05, 0) is 37.2 Å². The van der Waals surface area contributed by atoms with E-state index in [1.54, 1.807) is 7.11 Å². The summed E-state index contributed by atoms with van der Waals surface area (Å²) in [4.78, 5) is 0. The molecule has 19 heavy (non-hydrogen) atoms. The van der Waals surface area contributed by atoms with Crippen LogP contribution in [0, 0.1) is 18.8 Å². The maximum atomic E-state index is 4.80. The molecule has 0 N–H and O–H groups in total. The fourth-order valence-corrected chi connectivity index (χ4v) is 2.53. The van der Waals surface area contributed by atoms with E-state index in [2.05, 4.69) is 36.7 Å². The SMILES string of the molecule is COCC(C)C.Cc1cnn(CC2CCCCC2)c1. The highest BCUT2D eigenvalue weighted by atomic mass is 16.5. The van der Waals surface area contributed by atoms with Gasteiger partial charge >= 0.3 is 0 Å². The van der Waals surface area contributed by atoms with Crippen LogP contribution in [0.15, 0.2) is 12.4 Å². The van der Waals surface area contributed by atoms with E-state index in [0.717, 1.165) is 19.1 Å². The van der Waals surface area contributed by atoms with Gasteiger partial charge in [0, 0.05) is 26.5 Å². The number of nitrogens with zero attached hydrogens (tertiary/aromatic N) is 2. The molecule has 0 spiro atoms. The van der Waals surface area contributed by atoms with Gasteiger partial charge in [-0.25, -0.2) is 0 Å². The van der Waals surface area contributed by atoms with Crippen LogP contribution >= 0.6 is 0 Å². The van der Waals surface area contributed by atoms with Crippen LogP contribution < -0.4 is 0 Å². The highest BCUT2D eigenvalue weighted by Gasteiger charge is 2.13. The summed E-state index contributed by atoms with van der Waals surface area (Å²) in [6, 6.07) is 0. The van der Waals surface area contributed by atoms with Gasteiger partial charge in [0.2, 0.25) is 0 Å². The molecule has 0 radical (unpaired) electrons. The average molecular weight is 266 g/mol. The first-order valence-corrected chi connectivity index (χ1v) is 7.59. The summed E-state index contributed by atoms with van der Waals surface area (Å²) in [6.07, 6.45) is 11.2. The summed E-state index contributed by atoms with van der Waals surface area (Å²) in [5.74, 6) is 1.56. The number of methoxy groups -OCH3 is 1. The lowest BCUT2D eigenvalue weighted by molar-refractivity contribution is 0.167. The molecule has 0 aliphatic heterocycles. The van der Waals surface area contributed by atoms with Crippen molar-refractivity contribution in [2.24, 2.45) is 11.8 Å². The molecule has 1 aromatic rings. The first kappa shape index (κ1) is 16.2. The Hall–Kier alpha value is -0.830. The van der Waals surface area contributed by atoms with Crippen LogP contribution in [0.4, 0.5) is 0 Å². The number of hydrogen-bond acceptors (Lipinski definition) is 2. The predicted molar refractivity (Wildman–Crippen MR) is 80.3 cm³/mol. The van der Waals surface area contributed by atoms with Gasteiger partial charge in [0.05, 0.1) is 6.20 Å². The molecule has 2 rings (SSSR count). The van der Waals surface area contributed by atoms with Crippen LogP contribution in [-0.4, -0.2) is 23.5 Å². The number of hydrogen-bond donors (Lipinski definition) is 0. The highest BCUT2D eigenvalue weighted by molar-refractivity contribution is 4.99. The Labute approximate surface area is 118 Å². The monoisotopic (exact) mass is 266 g/mol. The Bertz CT molecular complexity index is 327. The number of ether oxygens (including phenoxy) is 1. The minimum atomic E-state index is 0.676. The maximum absolute atomic E-state index is 4.80. The topological polar surface area (TPSA) is 27.1 Å². The molecule has 0 amide bonds. The predicted octanol–water partition coefficient (Wildman–Crippen LogP) is 4.06. The summed E-state index contributed by atoms with van der Waals surface area (Å²) in [7, 11) is 1.72. The Morgan fingerprint density at radius 1 is 1.32 bits per heavy atom. The Morgan fingerprint density at radius 3 is 2.42 bits per heavy atom. The summed E-state index contributed by atoms with van der Waals surface area (Å²) in [6.45, 7) is 8.37. The fourth-order valence-electron chi connectivity index (χ4n) is 2.53. The zero-order chi connectivity index (χ0) is 14.1. The standard InChI is InChI=1S/C11H18N2.C5H12O/c1-10-7-12-13(8-10)9-11-5-3-2-4-6-11;1-5(2)4-6-3/h7-8,11H,2-6,9H2,1H3;5H,4H2,1-3H3. The molecule has 110 valence electrons. The average Bonchev–Trinajstić information content (AvgIpc) is 2.77. The Kier molecular flexibility index (Phi) is 7.80. The highest BCUT2D eigenvalue weighted by Crippen LogP contribution is 2.24. The van der Waals surface area contributed by atoms with Crippen molar-refractivity contribution in [1.82, 2.24) is 9.78 Å². The minimum absolute atomic E-state index is 0.676. The van der Waals surface area contributed by atoms with Crippen molar-refractivity contribution in [1.29, 1.82) is 0 Å². The molecule has 0 atom stereocenters. The second-order valence-corrected chi connectivity index (χ2v) is 6.09. The van der Waals surface area contributed by atoms with E-state index in [1.807, 2.05) is 6.20 Å². The summed E-state index contributed by atoms with van der Waals surface area (Å²) >= 11 is 0. The van der Waals surface area contributed by atoms with Gasteiger partial charge in [-0.3, -0.25) is 4.68 Å². The van der Waals surface area contributed by atoms with Gasteiger partial charge in [0.1, 0.15) is 0 Å². The van der Waals surface area contributed by atoms with Gasteiger partial charge in [0.15, 0.2) is 0 Å². The van der Waals surface area contributed by atoms with Crippen LogP contribution in [0.25, 0.3) is 0 Å².